The second-order valence-electron chi connectivity index (χ2n) is 8.41. The number of hydrogen-bond acceptors (Lipinski definition) is 5. The third-order valence-electron chi connectivity index (χ3n) is 6.43. The number of anilines is 1. The topological polar surface area (TPSA) is 64.3 Å². The highest BCUT2D eigenvalue weighted by Gasteiger charge is 2.20. The molecule has 0 aliphatic carbocycles. The lowest BCUT2D eigenvalue weighted by molar-refractivity contribution is 0.411. The Labute approximate surface area is 188 Å². The highest BCUT2D eigenvalue weighted by molar-refractivity contribution is 5.90. The van der Waals surface area contributed by atoms with Gasteiger partial charge in [0.1, 0.15) is 5.75 Å². The van der Waals surface area contributed by atoms with Gasteiger partial charge in [0.05, 0.1) is 12.8 Å². The molecule has 162 valence electrons. The number of aromatic nitrogens is 2. The molecule has 4 aromatic rings. The van der Waals surface area contributed by atoms with Crippen LogP contribution in [0.15, 0.2) is 72.9 Å². The smallest absolute Gasteiger partial charge is 0.225 e. The predicted molar refractivity (Wildman–Crippen MR) is 131 cm³/mol. The van der Waals surface area contributed by atoms with Gasteiger partial charge in [-0.05, 0) is 77.5 Å². The van der Waals surface area contributed by atoms with Gasteiger partial charge in [-0.15, -0.1) is 0 Å². The molecule has 0 amide bonds. The molecule has 3 aromatic carbocycles. The normalized spacial score (nSPS) is 14.6. The Hall–Kier alpha value is -3.44. The van der Waals surface area contributed by atoms with Crippen LogP contribution < -0.4 is 15.4 Å². The minimum atomic E-state index is 0.623. The van der Waals surface area contributed by atoms with Crippen LogP contribution in [0.3, 0.4) is 0 Å². The Morgan fingerprint density at radius 3 is 2.22 bits per heavy atom. The van der Waals surface area contributed by atoms with Gasteiger partial charge in [-0.2, -0.15) is 0 Å². The van der Waals surface area contributed by atoms with E-state index in [0.717, 1.165) is 55.4 Å². The second-order valence-corrected chi connectivity index (χ2v) is 8.41. The fourth-order valence-electron chi connectivity index (χ4n) is 4.40. The maximum atomic E-state index is 5.83. The van der Waals surface area contributed by atoms with E-state index in [0.29, 0.717) is 5.92 Å². The summed E-state index contributed by atoms with van der Waals surface area (Å²) in [6, 6.07) is 23.3. The van der Waals surface area contributed by atoms with E-state index >= 15 is 0 Å². The van der Waals surface area contributed by atoms with E-state index in [9.17, 15) is 0 Å². The second kappa shape index (κ2) is 8.97. The van der Waals surface area contributed by atoms with Crippen LogP contribution in [0.5, 0.6) is 5.75 Å². The van der Waals surface area contributed by atoms with Gasteiger partial charge in [-0.3, -0.25) is 0 Å². The van der Waals surface area contributed by atoms with E-state index in [1.807, 2.05) is 24.4 Å². The number of piperidine rings is 1. The first-order chi connectivity index (χ1) is 15.7. The predicted octanol–water partition coefficient (Wildman–Crippen LogP) is 5.15. The summed E-state index contributed by atoms with van der Waals surface area (Å²) in [6.45, 7) is 2.71. The quantitative estimate of drug-likeness (QED) is 0.480. The molecule has 1 aliphatic heterocycles. The van der Waals surface area contributed by atoms with Gasteiger partial charge in [0, 0.05) is 24.8 Å². The van der Waals surface area contributed by atoms with Crippen LogP contribution >= 0.6 is 0 Å². The van der Waals surface area contributed by atoms with Crippen LogP contribution in [0.4, 0.5) is 5.95 Å². The zero-order valence-corrected chi connectivity index (χ0v) is 18.4. The molecule has 1 fully saturated rings. The largest absolute Gasteiger partial charge is 0.497 e. The molecule has 2 heterocycles. The Morgan fingerprint density at radius 1 is 0.875 bits per heavy atom. The molecular formula is C27H28N4O. The van der Waals surface area contributed by atoms with Gasteiger partial charge < -0.3 is 15.4 Å². The highest BCUT2D eigenvalue weighted by atomic mass is 16.5. The number of rotatable bonds is 5. The van der Waals surface area contributed by atoms with Crippen molar-refractivity contribution in [1.82, 2.24) is 9.97 Å². The molecule has 5 rings (SSSR count). The van der Waals surface area contributed by atoms with Crippen molar-refractivity contribution < 1.29 is 4.74 Å². The fourth-order valence-corrected chi connectivity index (χ4v) is 4.40. The molecule has 0 atom stereocenters. The van der Waals surface area contributed by atoms with Gasteiger partial charge in [0.2, 0.25) is 5.95 Å². The standard InChI is InChI=1S/C27H28N4O/c1-32-25-8-6-20(7-9-25)21-2-3-23-17-24(5-4-22(23)16-21)26-10-13-29-27(30-26)31-14-11-19(18-28)12-15-31/h2-10,13,16-17,19H,11-12,14-15,18,28H2,1H3. The van der Waals surface area contributed by atoms with Crippen LogP contribution in [-0.2, 0) is 0 Å². The first kappa shape index (κ1) is 20.5. The highest BCUT2D eigenvalue weighted by Crippen LogP contribution is 2.29. The number of benzene rings is 3. The number of hydrogen-bond donors (Lipinski definition) is 1. The fraction of sp³-hybridized carbons (Fsp3) is 0.259. The molecule has 0 unspecified atom stereocenters. The van der Waals surface area contributed by atoms with Gasteiger partial charge in [-0.25, -0.2) is 9.97 Å². The van der Waals surface area contributed by atoms with Gasteiger partial charge >= 0.3 is 0 Å². The Morgan fingerprint density at radius 2 is 1.53 bits per heavy atom. The summed E-state index contributed by atoms with van der Waals surface area (Å²) in [7, 11) is 1.69. The van der Waals surface area contributed by atoms with Gasteiger partial charge in [0.15, 0.2) is 0 Å². The summed E-state index contributed by atoms with van der Waals surface area (Å²) in [4.78, 5) is 11.7. The van der Waals surface area contributed by atoms with Crippen molar-refractivity contribution in [3.8, 4) is 28.1 Å². The van der Waals surface area contributed by atoms with Crippen molar-refractivity contribution in [2.45, 2.75) is 12.8 Å². The van der Waals surface area contributed by atoms with Crippen LogP contribution in [-0.4, -0.2) is 36.7 Å². The number of methoxy groups -OCH3 is 1. The molecule has 5 nitrogen and oxygen atoms in total. The van der Waals surface area contributed by atoms with Gasteiger partial charge in [0.25, 0.3) is 0 Å². The molecule has 1 aliphatic rings. The van der Waals surface area contributed by atoms with E-state index in [-0.39, 0.29) is 0 Å². The number of nitrogens with two attached hydrogens (primary N) is 1. The molecule has 0 bridgehead atoms. The minimum Gasteiger partial charge on any atom is -0.497 e. The summed E-state index contributed by atoms with van der Waals surface area (Å²) in [6.07, 6.45) is 4.08. The molecule has 1 aromatic heterocycles. The minimum absolute atomic E-state index is 0.623. The molecular weight excluding hydrogens is 396 g/mol. The molecule has 0 saturated carbocycles. The van der Waals surface area contributed by atoms with Crippen molar-refractivity contribution >= 4 is 16.7 Å². The van der Waals surface area contributed by atoms with E-state index < -0.39 is 0 Å². The third-order valence-corrected chi connectivity index (χ3v) is 6.43. The molecule has 0 spiro atoms. The number of nitrogens with zero attached hydrogens (tertiary/aromatic N) is 3. The Bertz CT molecular complexity index is 1210. The number of fused-ring (bicyclic) bond motifs is 1. The van der Waals surface area contributed by atoms with Crippen molar-refractivity contribution in [1.29, 1.82) is 0 Å². The van der Waals surface area contributed by atoms with Crippen LogP contribution in [0, 0.1) is 5.92 Å². The van der Waals surface area contributed by atoms with E-state index in [4.69, 9.17) is 15.5 Å². The Balaban J connectivity index is 1.40. The monoisotopic (exact) mass is 424 g/mol. The SMILES string of the molecule is COc1ccc(-c2ccc3cc(-c4ccnc(N5CCC(CN)CC5)n4)ccc3c2)cc1. The summed E-state index contributed by atoms with van der Waals surface area (Å²) in [5.41, 5.74) is 10.3. The van der Waals surface area contributed by atoms with Crippen LogP contribution in [0.25, 0.3) is 33.2 Å². The molecule has 2 N–H and O–H groups in total. The molecule has 32 heavy (non-hydrogen) atoms. The number of ether oxygens (including phenoxy) is 1. The average Bonchev–Trinajstić information content (AvgIpc) is 2.88. The van der Waals surface area contributed by atoms with Crippen molar-refractivity contribution in [3.63, 3.8) is 0 Å². The average molecular weight is 425 g/mol. The zero-order chi connectivity index (χ0) is 21.9. The molecule has 5 heteroatoms. The first-order valence-electron chi connectivity index (χ1n) is 11.2. The van der Waals surface area contributed by atoms with Crippen molar-refractivity contribution in [2.24, 2.45) is 11.7 Å². The Kier molecular flexibility index (Phi) is 5.73. The zero-order valence-electron chi connectivity index (χ0n) is 18.4. The summed E-state index contributed by atoms with van der Waals surface area (Å²) in [5.74, 6) is 2.30. The third kappa shape index (κ3) is 4.16. The van der Waals surface area contributed by atoms with Crippen molar-refractivity contribution in [2.75, 3.05) is 31.6 Å². The lowest BCUT2D eigenvalue weighted by Crippen LogP contribution is -2.37. The maximum absolute atomic E-state index is 5.83. The summed E-state index contributed by atoms with van der Waals surface area (Å²) >= 11 is 0. The summed E-state index contributed by atoms with van der Waals surface area (Å²) < 4.78 is 5.27. The lowest BCUT2D eigenvalue weighted by Gasteiger charge is -2.31. The maximum Gasteiger partial charge on any atom is 0.225 e. The van der Waals surface area contributed by atoms with Crippen molar-refractivity contribution in [3.05, 3.63) is 72.9 Å². The molecule has 1 saturated heterocycles. The van der Waals surface area contributed by atoms with Gasteiger partial charge in [-0.1, -0.05) is 36.4 Å². The van der Waals surface area contributed by atoms with E-state index in [1.165, 1.54) is 21.9 Å². The summed E-state index contributed by atoms with van der Waals surface area (Å²) in [5, 5.41) is 2.41. The molecule has 0 radical (unpaired) electrons. The van der Waals surface area contributed by atoms with Crippen LogP contribution in [0.1, 0.15) is 12.8 Å². The first-order valence-corrected chi connectivity index (χ1v) is 11.2. The van der Waals surface area contributed by atoms with E-state index in [2.05, 4.69) is 58.4 Å². The van der Waals surface area contributed by atoms with Crippen LogP contribution in [0.2, 0.25) is 0 Å². The van der Waals surface area contributed by atoms with E-state index in [1.54, 1.807) is 7.11 Å². The lowest BCUT2D eigenvalue weighted by atomic mass is 9.97.